The number of carbonyl (C=O) groups is 2. The van der Waals surface area contributed by atoms with Gasteiger partial charge in [-0.1, -0.05) is 28.1 Å². The van der Waals surface area contributed by atoms with Crippen LogP contribution in [0.1, 0.15) is 33.8 Å². The number of thiazole rings is 1. The molecule has 0 bridgehead atoms. The molecule has 2 amide bonds. The topological polar surface area (TPSA) is 75.4 Å². The number of hydrogen-bond acceptors (Lipinski definition) is 5. The molecule has 8 heteroatoms. The summed E-state index contributed by atoms with van der Waals surface area (Å²) in [6.45, 7) is 0.546. The zero-order chi connectivity index (χ0) is 19.5. The van der Waals surface area contributed by atoms with Gasteiger partial charge >= 0.3 is 0 Å². The van der Waals surface area contributed by atoms with Gasteiger partial charge in [0, 0.05) is 28.5 Å². The molecule has 1 N–H and O–H groups in total. The maximum absolute atomic E-state index is 12.7. The second-order valence-electron chi connectivity index (χ2n) is 6.56. The number of aromatic nitrogens is 1. The Balaban J connectivity index is 1.40. The van der Waals surface area contributed by atoms with Gasteiger partial charge in [0.25, 0.3) is 5.91 Å². The normalized spacial score (nSPS) is 16.3. The largest absolute Gasteiger partial charge is 0.459 e. The fourth-order valence-electron chi connectivity index (χ4n) is 3.26. The van der Waals surface area contributed by atoms with E-state index in [1.54, 1.807) is 23.2 Å². The number of furan rings is 1. The smallest absolute Gasteiger partial charge is 0.290 e. The lowest BCUT2D eigenvalue weighted by Crippen LogP contribution is -2.43. The molecule has 28 heavy (non-hydrogen) atoms. The summed E-state index contributed by atoms with van der Waals surface area (Å²) in [6, 6.07) is 10.9. The van der Waals surface area contributed by atoms with Crippen molar-refractivity contribution in [2.24, 2.45) is 0 Å². The summed E-state index contributed by atoms with van der Waals surface area (Å²) in [5, 5.41) is 3.42. The van der Waals surface area contributed by atoms with E-state index in [-0.39, 0.29) is 17.6 Å². The molecule has 0 spiro atoms. The lowest BCUT2D eigenvalue weighted by molar-refractivity contribution is -0.119. The van der Waals surface area contributed by atoms with Crippen molar-refractivity contribution < 1.29 is 14.0 Å². The average Bonchev–Trinajstić information content (AvgIpc) is 3.45. The molecular formula is C20H18BrN3O3S. The molecule has 0 radical (unpaired) electrons. The van der Waals surface area contributed by atoms with Crippen LogP contribution in [0.25, 0.3) is 0 Å². The number of rotatable bonds is 5. The number of nitrogens with zero attached hydrogens (tertiary/aromatic N) is 2. The van der Waals surface area contributed by atoms with Crippen LogP contribution in [0.15, 0.2) is 57.7 Å². The predicted octanol–water partition coefficient (Wildman–Crippen LogP) is 4.33. The lowest BCUT2D eigenvalue weighted by Gasteiger charge is -2.22. The van der Waals surface area contributed by atoms with Crippen LogP contribution in [0.2, 0.25) is 0 Å². The van der Waals surface area contributed by atoms with Crippen molar-refractivity contribution in [1.82, 2.24) is 9.88 Å². The SMILES string of the molecule is O=C(Nc1ncc(Cc2ccc(Br)cc2)s1)[C@@H]1CCCN1C(=O)c1ccco1. The Labute approximate surface area is 174 Å². The molecule has 3 aromatic rings. The van der Waals surface area contributed by atoms with Crippen molar-refractivity contribution in [1.29, 1.82) is 0 Å². The monoisotopic (exact) mass is 459 g/mol. The second kappa shape index (κ2) is 8.28. The Morgan fingerprint density at radius 1 is 1.29 bits per heavy atom. The molecule has 1 fully saturated rings. The van der Waals surface area contributed by atoms with Crippen LogP contribution in [-0.2, 0) is 11.2 Å². The van der Waals surface area contributed by atoms with Gasteiger partial charge in [-0.05, 0) is 42.7 Å². The van der Waals surface area contributed by atoms with Crippen LogP contribution in [0.3, 0.4) is 0 Å². The van der Waals surface area contributed by atoms with E-state index in [9.17, 15) is 9.59 Å². The summed E-state index contributed by atoms with van der Waals surface area (Å²) in [4.78, 5) is 32.2. The van der Waals surface area contributed by atoms with Crippen molar-refractivity contribution >= 4 is 44.2 Å². The number of anilines is 1. The number of nitrogens with one attached hydrogen (secondary N) is 1. The maximum Gasteiger partial charge on any atom is 0.290 e. The van der Waals surface area contributed by atoms with Crippen LogP contribution >= 0.6 is 27.3 Å². The Morgan fingerprint density at radius 3 is 2.86 bits per heavy atom. The molecule has 1 aromatic carbocycles. The highest BCUT2D eigenvalue weighted by molar-refractivity contribution is 9.10. The average molecular weight is 460 g/mol. The van der Waals surface area contributed by atoms with Crippen molar-refractivity contribution in [2.45, 2.75) is 25.3 Å². The number of halogens is 1. The highest BCUT2D eigenvalue weighted by atomic mass is 79.9. The van der Waals surface area contributed by atoms with Crippen LogP contribution in [0, 0.1) is 0 Å². The summed E-state index contributed by atoms with van der Waals surface area (Å²) < 4.78 is 6.23. The molecule has 1 atom stereocenters. The number of benzene rings is 1. The maximum atomic E-state index is 12.7. The van der Waals surface area contributed by atoms with E-state index < -0.39 is 6.04 Å². The summed E-state index contributed by atoms with van der Waals surface area (Å²) in [6.07, 6.45) is 5.42. The minimum atomic E-state index is -0.503. The molecule has 1 aliphatic rings. The summed E-state index contributed by atoms with van der Waals surface area (Å²) >= 11 is 4.88. The standard InChI is InChI=1S/C20H18BrN3O3S/c21-14-7-5-13(6-8-14)11-15-12-22-20(28-15)23-18(25)16-3-1-9-24(16)19(26)17-4-2-10-27-17/h2,4-8,10,12,16H,1,3,9,11H2,(H,22,23,25)/t16-/m0/s1. The molecule has 4 rings (SSSR count). The van der Waals surface area contributed by atoms with Gasteiger partial charge in [0.15, 0.2) is 10.9 Å². The summed E-state index contributed by atoms with van der Waals surface area (Å²) in [5.74, 6) is -0.203. The van der Waals surface area contributed by atoms with Gasteiger partial charge in [-0.3, -0.25) is 9.59 Å². The first-order chi connectivity index (χ1) is 13.6. The number of likely N-dealkylation sites (tertiary alicyclic amines) is 1. The van der Waals surface area contributed by atoms with E-state index in [4.69, 9.17) is 4.42 Å². The minimum absolute atomic E-state index is 0.207. The molecule has 0 aliphatic carbocycles. The van der Waals surface area contributed by atoms with Gasteiger partial charge in [0.1, 0.15) is 6.04 Å². The third-order valence-electron chi connectivity index (χ3n) is 4.62. The van der Waals surface area contributed by atoms with Crippen molar-refractivity contribution in [3.8, 4) is 0 Å². The van der Waals surface area contributed by atoms with Gasteiger partial charge < -0.3 is 14.6 Å². The van der Waals surface area contributed by atoms with Gasteiger partial charge in [-0.25, -0.2) is 4.98 Å². The Hall–Kier alpha value is -2.45. The summed E-state index contributed by atoms with van der Waals surface area (Å²) in [7, 11) is 0. The minimum Gasteiger partial charge on any atom is -0.459 e. The van der Waals surface area contributed by atoms with E-state index >= 15 is 0 Å². The number of carbonyl (C=O) groups excluding carboxylic acids is 2. The van der Waals surface area contributed by atoms with Crippen molar-refractivity contribution in [3.63, 3.8) is 0 Å². The van der Waals surface area contributed by atoms with E-state index in [1.165, 1.54) is 23.2 Å². The number of amides is 2. The quantitative estimate of drug-likeness (QED) is 0.615. The van der Waals surface area contributed by atoms with Crippen LogP contribution in [-0.4, -0.2) is 34.3 Å². The Morgan fingerprint density at radius 2 is 2.11 bits per heavy atom. The first-order valence-electron chi connectivity index (χ1n) is 8.94. The molecule has 2 aromatic heterocycles. The van der Waals surface area contributed by atoms with E-state index in [2.05, 4.69) is 38.4 Å². The van der Waals surface area contributed by atoms with Gasteiger partial charge in [-0.15, -0.1) is 11.3 Å². The fourth-order valence-corrected chi connectivity index (χ4v) is 4.38. The highest BCUT2D eigenvalue weighted by Crippen LogP contribution is 2.25. The van der Waals surface area contributed by atoms with Crippen molar-refractivity contribution in [3.05, 3.63) is 69.5 Å². The number of hydrogen-bond donors (Lipinski definition) is 1. The third-order valence-corrected chi connectivity index (χ3v) is 6.07. The summed E-state index contributed by atoms with van der Waals surface area (Å²) in [5.41, 5.74) is 1.18. The first-order valence-corrected chi connectivity index (χ1v) is 10.6. The van der Waals surface area contributed by atoms with E-state index in [1.807, 2.05) is 12.1 Å². The highest BCUT2D eigenvalue weighted by Gasteiger charge is 2.35. The lowest BCUT2D eigenvalue weighted by atomic mass is 10.1. The first kappa shape index (κ1) is 18.9. The Bertz CT molecular complexity index is 969. The zero-order valence-corrected chi connectivity index (χ0v) is 17.3. The zero-order valence-electron chi connectivity index (χ0n) is 14.9. The molecule has 3 heterocycles. The molecule has 1 saturated heterocycles. The molecule has 0 unspecified atom stereocenters. The van der Waals surface area contributed by atoms with Crippen LogP contribution < -0.4 is 5.32 Å². The van der Waals surface area contributed by atoms with Gasteiger partial charge in [-0.2, -0.15) is 0 Å². The molecule has 144 valence electrons. The Kier molecular flexibility index (Phi) is 5.59. The second-order valence-corrected chi connectivity index (χ2v) is 8.59. The van der Waals surface area contributed by atoms with E-state index in [0.29, 0.717) is 18.1 Å². The third kappa shape index (κ3) is 4.18. The van der Waals surface area contributed by atoms with Gasteiger partial charge in [0.2, 0.25) is 5.91 Å². The molecule has 0 saturated carbocycles. The van der Waals surface area contributed by atoms with Crippen LogP contribution in [0.4, 0.5) is 5.13 Å². The van der Waals surface area contributed by atoms with E-state index in [0.717, 1.165) is 22.2 Å². The van der Waals surface area contributed by atoms with Crippen LogP contribution in [0.5, 0.6) is 0 Å². The fraction of sp³-hybridized carbons (Fsp3) is 0.250. The molecular weight excluding hydrogens is 442 g/mol. The van der Waals surface area contributed by atoms with Crippen molar-refractivity contribution in [2.75, 3.05) is 11.9 Å². The molecule has 1 aliphatic heterocycles. The molecule has 6 nitrogen and oxygen atoms in total. The van der Waals surface area contributed by atoms with Gasteiger partial charge in [0.05, 0.1) is 6.26 Å². The predicted molar refractivity (Wildman–Crippen MR) is 110 cm³/mol.